The van der Waals surface area contributed by atoms with E-state index in [-0.39, 0.29) is 0 Å². The molecule has 16 heavy (non-hydrogen) atoms. The first kappa shape index (κ1) is 14.0. The third-order valence-electron chi connectivity index (χ3n) is 3.86. The Kier molecular flexibility index (Phi) is 6.37. The van der Waals surface area contributed by atoms with Crippen molar-refractivity contribution in [1.82, 2.24) is 10.2 Å². The van der Waals surface area contributed by atoms with Crippen LogP contribution in [0.15, 0.2) is 0 Å². The van der Waals surface area contributed by atoms with Gasteiger partial charge in [-0.15, -0.1) is 0 Å². The normalized spacial score (nSPS) is 30.9. The Balaban J connectivity index is 2.43. The third kappa shape index (κ3) is 4.42. The molecule has 0 aliphatic heterocycles. The number of hydrogen-bond donors (Lipinski definition) is 1. The van der Waals surface area contributed by atoms with Gasteiger partial charge in [-0.05, 0) is 57.7 Å². The molecule has 0 heterocycles. The Morgan fingerprint density at radius 3 is 2.62 bits per heavy atom. The molecule has 3 unspecified atom stereocenters. The fourth-order valence-electron chi connectivity index (χ4n) is 3.10. The Morgan fingerprint density at radius 2 is 2.00 bits per heavy atom. The predicted molar refractivity (Wildman–Crippen MR) is 71.8 cm³/mol. The molecule has 0 bridgehead atoms. The molecule has 0 radical (unpaired) electrons. The summed E-state index contributed by atoms with van der Waals surface area (Å²) >= 11 is 0. The molecule has 1 rings (SSSR count). The van der Waals surface area contributed by atoms with Crippen LogP contribution in [0.3, 0.4) is 0 Å². The van der Waals surface area contributed by atoms with E-state index < -0.39 is 0 Å². The summed E-state index contributed by atoms with van der Waals surface area (Å²) in [7, 11) is 2.27. The third-order valence-corrected chi connectivity index (χ3v) is 3.86. The van der Waals surface area contributed by atoms with Crippen molar-refractivity contribution in [3.05, 3.63) is 0 Å². The minimum atomic E-state index is 0.764. The van der Waals surface area contributed by atoms with Crippen LogP contribution in [0.1, 0.15) is 46.5 Å². The molecule has 1 aliphatic rings. The van der Waals surface area contributed by atoms with Crippen LogP contribution in [0, 0.1) is 11.8 Å². The van der Waals surface area contributed by atoms with E-state index in [1.54, 1.807) is 0 Å². The molecule has 0 aromatic carbocycles. The van der Waals surface area contributed by atoms with Crippen molar-refractivity contribution < 1.29 is 0 Å². The summed E-state index contributed by atoms with van der Waals surface area (Å²) in [5.74, 6) is 1.79. The Bertz CT molecular complexity index is 182. The Morgan fingerprint density at radius 1 is 1.25 bits per heavy atom. The SMILES string of the molecule is CCCN(C)CC1CC(C)CCC1NCC. The standard InChI is InChI=1S/C14H30N2/c1-5-9-16(4)11-13-10-12(3)7-8-14(13)15-6-2/h12-15H,5-11H2,1-4H3. The van der Waals surface area contributed by atoms with Crippen molar-refractivity contribution in [1.29, 1.82) is 0 Å². The second-order valence-electron chi connectivity index (χ2n) is 5.60. The summed E-state index contributed by atoms with van der Waals surface area (Å²) < 4.78 is 0. The second kappa shape index (κ2) is 7.29. The number of nitrogens with one attached hydrogen (secondary N) is 1. The molecule has 2 heteroatoms. The van der Waals surface area contributed by atoms with E-state index >= 15 is 0 Å². The molecule has 2 nitrogen and oxygen atoms in total. The summed E-state index contributed by atoms with van der Waals surface area (Å²) in [6, 6.07) is 0.764. The largest absolute Gasteiger partial charge is 0.314 e. The van der Waals surface area contributed by atoms with E-state index in [1.807, 2.05) is 0 Å². The zero-order valence-corrected chi connectivity index (χ0v) is 11.6. The quantitative estimate of drug-likeness (QED) is 0.749. The van der Waals surface area contributed by atoms with Gasteiger partial charge in [0.15, 0.2) is 0 Å². The van der Waals surface area contributed by atoms with Gasteiger partial charge >= 0.3 is 0 Å². The maximum absolute atomic E-state index is 3.68. The van der Waals surface area contributed by atoms with Crippen LogP contribution in [0.2, 0.25) is 0 Å². The zero-order chi connectivity index (χ0) is 12.0. The summed E-state index contributed by atoms with van der Waals surface area (Å²) in [4.78, 5) is 2.51. The van der Waals surface area contributed by atoms with Crippen molar-refractivity contribution in [2.75, 3.05) is 26.7 Å². The van der Waals surface area contributed by atoms with Gasteiger partial charge in [-0.2, -0.15) is 0 Å². The summed E-state index contributed by atoms with van der Waals surface area (Å²) in [6.07, 6.45) is 5.46. The van der Waals surface area contributed by atoms with Gasteiger partial charge in [0, 0.05) is 12.6 Å². The molecular formula is C14H30N2. The minimum Gasteiger partial charge on any atom is -0.314 e. The highest BCUT2D eigenvalue weighted by Crippen LogP contribution is 2.29. The smallest absolute Gasteiger partial charge is 0.0108 e. The topological polar surface area (TPSA) is 15.3 Å². The lowest BCUT2D eigenvalue weighted by atomic mass is 9.78. The van der Waals surface area contributed by atoms with Crippen molar-refractivity contribution in [3.63, 3.8) is 0 Å². The molecule has 1 N–H and O–H groups in total. The van der Waals surface area contributed by atoms with Crippen molar-refractivity contribution in [3.8, 4) is 0 Å². The van der Waals surface area contributed by atoms with E-state index in [1.165, 1.54) is 38.8 Å². The van der Waals surface area contributed by atoms with Gasteiger partial charge in [-0.25, -0.2) is 0 Å². The first-order valence-electron chi connectivity index (χ1n) is 7.09. The molecule has 1 aliphatic carbocycles. The lowest BCUT2D eigenvalue weighted by Crippen LogP contribution is -2.45. The molecule has 1 fully saturated rings. The van der Waals surface area contributed by atoms with E-state index in [0.29, 0.717) is 0 Å². The van der Waals surface area contributed by atoms with E-state index in [0.717, 1.165) is 24.4 Å². The lowest BCUT2D eigenvalue weighted by molar-refractivity contribution is 0.161. The van der Waals surface area contributed by atoms with E-state index in [4.69, 9.17) is 0 Å². The van der Waals surface area contributed by atoms with Gasteiger partial charge in [0.1, 0.15) is 0 Å². The maximum atomic E-state index is 3.68. The minimum absolute atomic E-state index is 0.764. The van der Waals surface area contributed by atoms with Crippen LogP contribution in [-0.4, -0.2) is 37.6 Å². The van der Waals surface area contributed by atoms with Crippen molar-refractivity contribution in [2.45, 2.75) is 52.5 Å². The highest BCUT2D eigenvalue weighted by molar-refractivity contribution is 4.84. The average Bonchev–Trinajstić information content (AvgIpc) is 2.22. The van der Waals surface area contributed by atoms with E-state index in [9.17, 15) is 0 Å². The highest BCUT2D eigenvalue weighted by atomic mass is 15.1. The molecule has 0 aromatic rings. The van der Waals surface area contributed by atoms with Crippen LogP contribution in [0.5, 0.6) is 0 Å². The van der Waals surface area contributed by atoms with Gasteiger partial charge < -0.3 is 10.2 Å². The summed E-state index contributed by atoms with van der Waals surface area (Å²) in [5.41, 5.74) is 0. The van der Waals surface area contributed by atoms with Crippen LogP contribution < -0.4 is 5.32 Å². The summed E-state index contributed by atoms with van der Waals surface area (Å²) in [5, 5.41) is 3.68. The molecule has 0 saturated heterocycles. The van der Waals surface area contributed by atoms with Crippen molar-refractivity contribution in [2.24, 2.45) is 11.8 Å². The van der Waals surface area contributed by atoms with Gasteiger partial charge in [0.2, 0.25) is 0 Å². The molecule has 96 valence electrons. The second-order valence-corrected chi connectivity index (χ2v) is 5.60. The highest BCUT2D eigenvalue weighted by Gasteiger charge is 2.28. The van der Waals surface area contributed by atoms with Crippen LogP contribution in [0.25, 0.3) is 0 Å². The number of nitrogens with zero attached hydrogens (tertiary/aromatic N) is 1. The number of hydrogen-bond acceptors (Lipinski definition) is 2. The first-order chi connectivity index (χ1) is 7.67. The van der Waals surface area contributed by atoms with Crippen LogP contribution >= 0.6 is 0 Å². The Hall–Kier alpha value is -0.0800. The van der Waals surface area contributed by atoms with Gasteiger partial charge in [0.25, 0.3) is 0 Å². The molecule has 0 spiro atoms. The zero-order valence-electron chi connectivity index (χ0n) is 11.6. The summed E-state index contributed by atoms with van der Waals surface area (Å²) in [6.45, 7) is 10.5. The monoisotopic (exact) mass is 226 g/mol. The molecular weight excluding hydrogens is 196 g/mol. The van der Waals surface area contributed by atoms with E-state index in [2.05, 4.69) is 38.0 Å². The predicted octanol–water partition coefficient (Wildman–Crippen LogP) is 2.74. The maximum Gasteiger partial charge on any atom is 0.0108 e. The fourth-order valence-corrected chi connectivity index (χ4v) is 3.10. The molecule has 0 amide bonds. The van der Waals surface area contributed by atoms with Gasteiger partial charge in [-0.3, -0.25) is 0 Å². The average molecular weight is 226 g/mol. The van der Waals surface area contributed by atoms with Crippen molar-refractivity contribution >= 4 is 0 Å². The Labute approximate surface area is 102 Å². The van der Waals surface area contributed by atoms with Gasteiger partial charge in [-0.1, -0.05) is 20.8 Å². The molecule has 1 saturated carbocycles. The van der Waals surface area contributed by atoms with Crippen LogP contribution in [-0.2, 0) is 0 Å². The van der Waals surface area contributed by atoms with Gasteiger partial charge in [0.05, 0.1) is 0 Å². The van der Waals surface area contributed by atoms with Crippen LogP contribution in [0.4, 0.5) is 0 Å². The number of rotatable bonds is 6. The lowest BCUT2D eigenvalue weighted by Gasteiger charge is -2.37. The first-order valence-corrected chi connectivity index (χ1v) is 7.09. The fraction of sp³-hybridized carbons (Fsp3) is 1.00. The molecule has 3 atom stereocenters. The molecule has 0 aromatic heterocycles.